The number of Topliss-reactive ketones (excluding diaryl/α,β-unsaturated/α-hetero) is 2. The van der Waals surface area contributed by atoms with Crippen LogP contribution in [0.15, 0.2) is 11.6 Å². The molecule has 5 nitrogen and oxygen atoms in total. The Bertz CT molecular complexity index is 926. The van der Waals surface area contributed by atoms with E-state index in [-0.39, 0.29) is 52.7 Å². The highest BCUT2D eigenvalue weighted by atomic mass is 16.7. The largest absolute Gasteiger partial charge is 0.349 e. The van der Waals surface area contributed by atoms with Gasteiger partial charge in [-0.05, 0) is 49.0 Å². The monoisotopic (exact) mass is 440 g/mol. The molecule has 32 heavy (non-hydrogen) atoms. The van der Waals surface area contributed by atoms with Crippen LogP contribution in [0, 0.1) is 46.3 Å². The topological polar surface area (TPSA) is 69.7 Å². The summed E-state index contributed by atoms with van der Waals surface area (Å²) in [7, 11) is 0. The highest BCUT2D eigenvalue weighted by Gasteiger charge is 2.72. The molecule has 6 rings (SSSR count). The third kappa shape index (κ3) is 2.50. The lowest BCUT2D eigenvalue weighted by Crippen LogP contribution is -2.57. The number of rotatable bonds is 0. The minimum Gasteiger partial charge on any atom is -0.349 e. The minimum atomic E-state index is -0.541. The Kier molecular flexibility index (Phi) is 4.39. The van der Waals surface area contributed by atoms with E-state index in [0.29, 0.717) is 43.0 Å². The molecule has 4 aliphatic carbocycles. The summed E-state index contributed by atoms with van der Waals surface area (Å²) in [6.45, 7) is 9.49. The number of fused-ring (bicyclic) bond motifs is 7. The molecule has 1 spiro atoms. The maximum atomic E-state index is 14.0. The zero-order valence-electron chi connectivity index (χ0n) is 19.8. The SMILES string of the molecule is C[C@@H]1CC[C@@]2(OC1)O[C@H]1C[C@H]3[C@H]4CC(=O)C5=CC(=O)CC[C@]5(C)[C@H]4CC(=O)[C@]3(C)[C@H]1[C@@H]2C. The van der Waals surface area contributed by atoms with Gasteiger partial charge in [0.1, 0.15) is 5.78 Å². The lowest BCUT2D eigenvalue weighted by atomic mass is 9.45. The number of hydrogen-bond donors (Lipinski definition) is 0. The molecule has 0 radical (unpaired) electrons. The van der Waals surface area contributed by atoms with Gasteiger partial charge in [0.05, 0.1) is 12.7 Å². The standard InChI is InChI=1S/C27H36O5/c1-14-5-8-27(31-13-14)15(2)24-22(32-27)11-19-17-10-21(29)20-9-16(28)6-7-25(20,3)18(17)12-23(30)26(19,24)4/h9,14-15,17-19,22,24H,5-8,10-13H2,1-4H3/t14-,15+,17+,18+,19+,22+,24+,25-,26-,27-/m1/s1. The molecule has 3 saturated carbocycles. The molecule has 5 fully saturated rings. The Hall–Kier alpha value is -1.33. The summed E-state index contributed by atoms with van der Waals surface area (Å²) in [4.78, 5) is 39.3. The van der Waals surface area contributed by atoms with Crippen molar-refractivity contribution in [1.82, 2.24) is 0 Å². The number of allylic oxidation sites excluding steroid dienone is 1. The van der Waals surface area contributed by atoms with Crippen LogP contribution in [-0.4, -0.2) is 35.8 Å². The van der Waals surface area contributed by atoms with Gasteiger partial charge in [0.2, 0.25) is 0 Å². The highest BCUT2D eigenvalue weighted by molar-refractivity contribution is 6.06. The first-order valence-electron chi connectivity index (χ1n) is 12.7. The second-order valence-corrected chi connectivity index (χ2v) is 12.3. The smallest absolute Gasteiger partial charge is 0.171 e. The second-order valence-electron chi connectivity index (χ2n) is 12.3. The third-order valence-corrected chi connectivity index (χ3v) is 10.9. The van der Waals surface area contributed by atoms with Gasteiger partial charge in [-0.15, -0.1) is 0 Å². The van der Waals surface area contributed by atoms with E-state index in [1.54, 1.807) is 6.08 Å². The van der Waals surface area contributed by atoms with Crippen LogP contribution in [-0.2, 0) is 23.9 Å². The summed E-state index contributed by atoms with van der Waals surface area (Å²) in [5.74, 6) is 1.40. The van der Waals surface area contributed by atoms with Crippen LogP contribution in [0.4, 0.5) is 0 Å². The number of hydrogen-bond acceptors (Lipinski definition) is 5. The van der Waals surface area contributed by atoms with Crippen molar-refractivity contribution in [2.24, 2.45) is 46.3 Å². The molecule has 0 amide bonds. The second kappa shape index (κ2) is 6.63. The van der Waals surface area contributed by atoms with Crippen molar-refractivity contribution in [3.05, 3.63) is 11.6 Å². The molecule has 0 aromatic heterocycles. The van der Waals surface area contributed by atoms with Crippen LogP contribution >= 0.6 is 0 Å². The quantitative estimate of drug-likeness (QED) is 0.562. The van der Waals surface area contributed by atoms with E-state index in [1.165, 1.54) is 0 Å². The molecule has 2 saturated heterocycles. The van der Waals surface area contributed by atoms with E-state index in [0.717, 1.165) is 25.9 Å². The van der Waals surface area contributed by atoms with Crippen molar-refractivity contribution in [3.63, 3.8) is 0 Å². The van der Waals surface area contributed by atoms with Crippen molar-refractivity contribution in [2.75, 3.05) is 6.61 Å². The molecule has 0 bridgehead atoms. The number of carbonyl (C=O) groups excluding carboxylic acids is 3. The molecule has 174 valence electrons. The van der Waals surface area contributed by atoms with E-state index in [2.05, 4.69) is 27.7 Å². The van der Waals surface area contributed by atoms with Gasteiger partial charge in [0.25, 0.3) is 0 Å². The van der Waals surface area contributed by atoms with E-state index < -0.39 is 11.2 Å². The van der Waals surface area contributed by atoms with Gasteiger partial charge >= 0.3 is 0 Å². The highest BCUT2D eigenvalue weighted by Crippen LogP contribution is 2.69. The predicted molar refractivity (Wildman–Crippen MR) is 117 cm³/mol. The van der Waals surface area contributed by atoms with E-state index in [9.17, 15) is 14.4 Å². The molecular formula is C27H36O5. The molecule has 2 aliphatic heterocycles. The molecule has 2 heterocycles. The van der Waals surface area contributed by atoms with E-state index in [1.807, 2.05) is 0 Å². The zero-order chi connectivity index (χ0) is 22.6. The normalized spacial score (nSPS) is 54.7. The molecule has 0 unspecified atom stereocenters. The van der Waals surface area contributed by atoms with Gasteiger partial charge in [0.15, 0.2) is 17.4 Å². The van der Waals surface area contributed by atoms with Crippen molar-refractivity contribution in [2.45, 2.75) is 84.5 Å². The lowest BCUT2D eigenvalue weighted by molar-refractivity contribution is -0.272. The Morgan fingerprint density at radius 3 is 2.53 bits per heavy atom. The van der Waals surface area contributed by atoms with Crippen molar-refractivity contribution < 1.29 is 23.9 Å². The van der Waals surface area contributed by atoms with Crippen LogP contribution in [0.25, 0.3) is 0 Å². The summed E-state index contributed by atoms with van der Waals surface area (Å²) >= 11 is 0. The first-order valence-corrected chi connectivity index (χ1v) is 12.7. The Labute approximate surface area is 190 Å². The number of ketones is 3. The lowest BCUT2D eigenvalue weighted by Gasteiger charge is -2.57. The Morgan fingerprint density at radius 2 is 1.81 bits per heavy atom. The molecule has 6 aliphatic rings. The fraction of sp³-hybridized carbons (Fsp3) is 0.815. The summed E-state index contributed by atoms with van der Waals surface area (Å²) in [5, 5.41) is 0. The maximum Gasteiger partial charge on any atom is 0.171 e. The van der Waals surface area contributed by atoms with Crippen molar-refractivity contribution in [3.8, 4) is 0 Å². The number of ether oxygens (including phenoxy) is 2. The van der Waals surface area contributed by atoms with Crippen molar-refractivity contribution >= 4 is 17.3 Å². The maximum absolute atomic E-state index is 14.0. The van der Waals surface area contributed by atoms with Crippen LogP contribution in [0.3, 0.4) is 0 Å². The fourth-order valence-corrected chi connectivity index (χ4v) is 9.08. The van der Waals surface area contributed by atoms with Gasteiger partial charge in [0, 0.05) is 53.9 Å². The molecule has 5 heteroatoms. The Balaban J connectivity index is 1.35. The van der Waals surface area contributed by atoms with Crippen LogP contribution in [0.2, 0.25) is 0 Å². The van der Waals surface area contributed by atoms with E-state index >= 15 is 0 Å². The Morgan fingerprint density at radius 1 is 1.03 bits per heavy atom. The van der Waals surface area contributed by atoms with Gasteiger partial charge in [-0.2, -0.15) is 0 Å². The summed E-state index contributed by atoms with van der Waals surface area (Å²) < 4.78 is 13.1. The predicted octanol–water partition coefficient (Wildman–Crippen LogP) is 4.28. The third-order valence-electron chi connectivity index (χ3n) is 10.9. The minimum absolute atomic E-state index is 0.0314. The van der Waals surface area contributed by atoms with Crippen molar-refractivity contribution in [1.29, 1.82) is 0 Å². The number of carbonyl (C=O) groups is 3. The van der Waals surface area contributed by atoms with Gasteiger partial charge in [-0.25, -0.2) is 0 Å². The summed E-state index contributed by atoms with van der Waals surface area (Å²) in [6.07, 6.45) is 6.65. The average Bonchev–Trinajstić information content (AvgIpc) is 3.19. The van der Waals surface area contributed by atoms with Crippen LogP contribution in [0.1, 0.15) is 72.6 Å². The molecule has 0 aromatic carbocycles. The summed E-state index contributed by atoms with van der Waals surface area (Å²) in [5.41, 5.74) is -0.111. The van der Waals surface area contributed by atoms with Gasteiger partial charge < -0.3 is 9.47 Å². The van der Waals surface area contributed by atoms with Gasteiger partial charge in [-0.1, -0.05) is 27.7 Å². The zero-order valence-corrected chi connectivity index (χ0v) is 19.8. The van der Waals surface area contributed by atoms with Gasteiger partial charge in [-0.3, -0.25) is 14.4 Å². The van der Waals surface area contributed by atoms with Crippen LogP contribution < -0.4 is 0 Å². The first kappa shape index (κ1) is 21.2. The summed E-state index contributed by atoms with van der Waals surface area (Å²) in [6, 6.07) is 0. The first-order chi connectivity index (χ1) is 15.1. The molecule has 0 N–H and O–H groups in total. The van der Waals surface area contributed by atoms with Crippen LogP contribution in [0.5, 0.6) is 0 Å². The molecule has 10 atom stereocenters. The molecule has 0 aromatic rings. The molecular weight excluding hydrogens is 404 g/mol. The average molecular weight is 441 g/mol. The van der Waals surface area contributed by atoms with E-state index in [4.69, 9.17) is 9.47 Å². The fourth-order valence-electron chi connectivity index (χ4n) is 9.08.